The molecule has 8 heteroatoms. The van der Waals surface area contributed by atoms with Gasteiger partial charge in [0.1, 0.15) is 12.4 Å². The van der Waals surface area contributed by atoms with E-state index in [9.17, 15) is 4.79 Å². The molecule has 8 nitrogen and oxygen atoms in total. The van der Waals surface area contributed by atoms with Crippen LogP contribution in [0.15, 0.2) is 29.1 Å². The zero-order valence-corrected chi connectivity index (χ0v) is 14.0. The highest BCUT2D eigenvalue weighted by atomic mass is 16.5. The van der Waals surface area contributed by atoms with E-state index >= 15 is 0 Å². The molecule has 2 aliphatic heterocycles. The third-order valence-electron chi connectivity index (χ3n) is 4.70. The Hall–Kier alpha value is -2.64. The maximum Gasteiger partial charge on any atom is 0.360 e. The number of esters is 1. The zero-order valence-electron chi connectivity index (χ0n) is 14.0. The van der Waals surface area contributed by atoms with Crippen molar-refractivity contribution < 1.29 is 18.7 Å². The van der Waals surface area contributed by atoms with Gasteiger partial charge in [0, 0.05) is 37.3 Å². The molecule has 2 bridgehead atoms. The van der Waals surface area contributed by atoms with Crippen molar-refractivity contribution in [3.8, 4) is 6.01 Å². The molecular weight excluding hydrogens is 324 g/mol. The van der Waals surface area contributed by atoms with Gasteiger partial charge in [-0.15, -0.1) is 0 Å². The number of rotatable bonds is 5. The summed E-state index contributed by atoms with van der Waals surface area (Å²) < 4.78 is 16.4. The van der Waals surface area contributed by atoms with Gasteiger partial charge >= 0.3 is 12.0 Å². The second kappa shape index (κ2) is 6.70. The summed E-state index contributed by atoms with van der Waals surface area (Å²) in [6.07, 6.45) is 8.61. The summed E-state index contributed by atoms with van der Waals surface area (Å²) in [7, 11) is 0. The molecule has 2 aromatic heterocycles. The van der Waals surface area contributed by atoms with Crippen LogP contribution in [0.5, 0.6) is 6.01 Å². The van der Waals surface area contributed by atoms with Crippen LogP contribution in [0.3, 0.4) is 0 Å². The molecule has 4 rings (SSSR count). The van der Waals surface area contributed by atoms with Crippen molar-refractivity contribution in [1.82, 2.24) is 15.0 Å². The number of anilines is 1. The number of carbonyl (C=O) groups is 1. The van der Waals surface area contributed by atoms with Crippen LogP contribution >= 0.6 is 0 Å². The number of piperidine rings is 1. The van der Waals surface area contributed by atoms with Crippen LogP contribution in [0.25, 0.3) is 0 Å². The summed E-state index contributed by atoms with van der Waals surface area (Å²) >= 11 is 0. The minimum atomic E-state index is -0.454. The minimum Gasteiger partial charge on any atom is -0.461 e. The summed E-state index contributed by atoms with van der Waals surface area (Å²) in [6.45, 7) is 2.08. The third kappa shape index (κ3) is 3.16. The Morgan fingerprint density at radius 1 is 1.28 bits per heavy atom. The predicted octanol–water partition coefficient (Wildman–Crippen LogP) is 2.22. The highest BCUT2D eigenvalue weighted by molar-refractivity contribution is 5.87. The SMILES string of the molecule is CCOC(=O)c1coc(N2[C@@H]3CC[C@H]2CC(Oc2ncccn2)C3)n1. The maximum absolute atomic E-state index is 11.8. The molecule has 2 aliphatic rings. The van der Waals surface area contributed by atoms with E-state index in [0.29, 0.717) is 18.6 Å². The standard InChI is InChI=1S/C17H20N4O4/c1-2-23-15(22)14-10-24-17(20-14)21-11-4-5-12(21)9-13(8-11)25-16-18-6-3-7-19-16/h3,6-7,10-13H,2,4-5,8-9H2,1H3/t11-,12+,13?. The van der Waals surface area contributed by atoms with Gasteiger partial charge in [0.15, 0.2) is 5.69 Å². The van der Waals surface area contributed by atoms with Gasteiger partial charge in [-0.25, -0.2) is 14.8 Å². The Balaban J connectivity index is 1.45. The largest absolute Gasteiger partial charge is 0.461 e. The Bertz CT molecular complexity index is 721. The molecule has 2 aromatic rings. The molecule has 0 saturated carbocycles. The molecule has 0 amide bonds. The smallest absolute Gasteiger partial charge is 0.360 e. The fraction of sp³-hybridized carbons (Fsp3) is 0.529. The molecule has 4 heterocycles. The zero-order chi connectivity index (χ0) is 17.2. The first-order valence-corrected chi connectivity index (χ1v) is 8.59. The van der Waals surface area contributed by atoms with Gasteiger partial charge in [0.2, 0.25) is 0 Å². The number of carbonyl (C=O) groups excluding carboxylic acids is 1. The van der Waals surface area contributed by atoms with E-state index in [4.69, 9.17) is 13.9 Å². The molecule has 2 saturated heterocycles. The normalized spacial score (nSPS) is 25.0. The summed E-state index contributed by atoms with van der Waals surface area (Å²) in [5.41, 5.74) is 0.215. The summed E-state index contributed by atoms with van der Waals surface area (Å²) in [5, 5.41) is 0. The molecule has 0 aromatic carbocycles. The lowest BCUT2D eigenvalue weighted by molar-refractivity contribution is 0.0519. The number of ether oxygens (including phenoxy) is 2. The van der Waals surface area contributed by atoms with E-state index in [2.05, 4.69) is 19.9 Å². The number of nitrogens with zero attached hydrogens (tertiary/aromatic N) is 4. The lowest BCUT2D eigenvalue weighted by Crippen LogP contribution is -2.46. The minimum absolute atomic E-state index is 0.0793. The first-order chi connectivity index (χ1) is 12.2. The van der Waals surface area contributed by atoms with E-state index in [1.807, 2.05) is 0 Å². The van der Waals surface area contributed by atoms with Crippen molar-refractivity contribution in [2.45, 2.75) is 50.8 Å². The van der Waals surface area contributed by atoms with Gasteiger partial charge in [-0.1, -0.05) is 0 Å². The second-order valence-corrected chi connectivity index (χ2v) is 6.27. The van der Waals surface area contributed by atoms with Crippen LogP contribution in [-0.4, -0.2) is 45.7 Å². The average Bonchev–Trinajstić information content (AvgIpc) is 3.19. The lowest BCUT2D eigenvalue weighted by atomic mass is 10.0. The molecule has 3 atom stereocenters. The molecular formula is C17H20N4O4. The fourth-order valence-corrected chi connectivity index (χ4v) is 3.71. The summed E-state index contributed by atoms with van der Waals surface area (Å²) in [4.78, 5) is 26.5. The fourth-order valence-electron chi connectivity index (χ4n) is 3.71. The van der Waals surface area contributed by atoms with E-state index in [1.54, 1.807) is 25.4 Å². The van der Waals surface area contributed by atoms with Crippen LogP contribution in [0.2, 0.25) is 0 Å². The molecule has 0 spiro atoms. The molecule has 132 valence electrons. The Morgan fingerprint density at radius 2 is 2.00 bits per heavy atom. The average molecular weight is 344 g/mol. The van der Waals surface area contributed by atoms with Crippen molar-refractivity contribution in [2.75, 3.05) is 11.5 Å². The van der Waals surface area contributed by atoms with Gasteiger partial charge < -0.3 is 18.8 Å². The van der Waals surface area contributed by atoms with Crippen molar-refractivity contribution in [3.05, 3.63) is 30.4 Å². The summed E-state index contributed by atoms with van der Waals surface area (Å²) in [5.74, 6) is -0.454. The van der Waals surface area contributed by atoms with Crippen LogP contribution in [-0.2, 0) is 4.74 Å². The van der Waals surface area contributed by atoms with Gasteiger partial charge in [-0.05, 0) is 25.8 Å². The molecule has 25 heavy (non-hydrogen) atoms. The van der Waals surface area contributed by atoms with E-state index in [1.165, 1.54) is 6.26 Å². The van der Waals surface area contributed by atoms with Crippen LogP contribution in [0.1, 0.15) is 43.1 Å². The number of aromatic nitrogens is 3. The van der Waals surface area contributed by atoms with Crippen LogP contribution in [0.4, 0.5) is 6.01 Å². The number of hydrogen-bond acceptors (Lipinski definition) is 8. The number of hydrogen-bond donors (Lipinski definition) is 0. The van der Waals surface area contributed by atoms with Crippen molar-refractivity contribution >= 4 is 12.0 Å². The Labute approximate surface area is 145 Å². The van der Waals surface area contributed by atoms with Crippen molar-refractivity contribution in [3.63, 3.8) is 0 Å². The summed E-state index contributed by atoms with van der Waals surface area (Å²) in [6, 6.07) is 3.23. The van der Waals surface area contributed by atoms with E-state index < -0.39 is 5.97 Å². The highest BCUT2D eigenvalue weighted by Gasteiger charge is 2.44. The first kappa shape index (κ1) is 15.9. The quantitative estimate of drug-likeness (QED) is 0.763. The van der Waals surface area contributed by atoms with Gasteiger partial charge in [0.25, 0.3) is 6.01 Å². The monoisotopic (exact) mass is 344 g/mol. The lowest BCUT2D eigenvalue weighted by Gasteiger charge is -2.37. The van der Waals surface area contributed by atoms with E-state index in [-0.39, 0.29) is 23.9 Å². The first-order valence-electron chi connectivity index (χ1n) is 8.59. The van der Waals surface area contributed by atoms with Crippen LogP contribution in [0, 0.1) is 0 Å². The predicted molar refractivity (Wildman–Crippen MR) is 87.4 cm³/mol. The highest BCUT2D eigenvalue weighted by Crippen LogP contribution is 2.39. The molecule has 2 fully saturated rings. The van der Waals surface area contributed by atoms with Gasteiger partial charge in [-0.3, -0.25) is 0 Å². The van der Waals surface area contributed by atoms with Gasteiger partial charge in [0.05, 0.1) is 6.61 Å². The van der Waals surface area contributed by atoms with Crippen molar-refractivity contribution in [1.29, 1.82) is 0 Å². The molecule has 0 radical (unpaired) electrons. The van der Waals surface area contributed by atoms with E-state index in [0.717, 1.165) is 25.7 Å². The van der Waals surface area contributed by atoms with Crippen molar-refractivity contribution in [2.24, 2.45) is 0 Å². The third-order valence-corrected chi connectivity index (χ3v) is 4.70. The molecule has 0 aliphatic carbocycles. The van der Waals surface area contributed by atoms with Gasteiger partial charge in [-0.2, -0.15) is 4.98 Å². The molecule has 1 unspecified atom stereocenters. The van der Waals surface area contributed by atoms with Crippen LogP contribution < -0.4 is 9.64 Å². The Morgan fingerprint density at radius 3 is 2.68 bits per heavy atom. The molecule has 0 N–H and O–H groups in total. The topological polar surface area (TPSA) is 90.6 Å². The maximum atomic E-state index is 11.8. The number of oxazole rings is 1. The second-order valence-electron chi connectivity index (χ2n) is 6.27. The Kier molecular flexibility index (Phi) is 4.25. The number of fused-ring (bicyclic) bond motifs is 2.